The van der Waals surface area contributed by atoms with Crippen molar-refractivity contribution in [2.45, 2.75) is 44.7 Å². The van der Waals surface area contributed by atoms with Crippen molar-refractivity contribution in [1.82, 2.24) is 15.5 Å². The van der Waals surface area contributed by atoms with Gasteiger partial charge >= 0.3 is 6.03 Å². The molecule has 2 aromatic carbocycles. The Morgan fingerprint density at radius 2 is 1.66 bits per heavy atom. The lowest BCUT2D eigenvalue weighted by Crippen LogP contribution is -2.54. The van der Waals surface area contributed by atoms with Crippen LogP contribution in [0.4, 0.5) is 10.5 Å². The number of nitrogens with zero attached hydrogens (tertiary/aromatic N) is 1. The van der Waals surface area contributed by atoms with Gasteiger partial charge < -0.3 is 30.3 Å². The number of hydrogen-bond acceptors (Lipinski definition) is 5. The van der Waals surface area contributed by atoms with Crippen LogP contribution in [0.25, 0.3) is 0 Å². The van der Waals surface area contributed by atoms with Gasteiger partial charge in [0.15, 0.2) is 11.5 Å². The van der Waals surface area contributed by atoms with Gasteiger partial charge in [0.25, 0.3) is 5.91 Å². The Balaban J connectivity index is 1.22. The van der Waals surface area contributed by atoms with E-state index in [-0.39, 0.29) is 36.6 Å². The molecule has 1 atom stereocenters. The van der Waals surface area contributed by atoms with Crippen LogP contribution in [-0.4, -0.2) is 54.7 Å². The Morgan fingerprint density at radius 3 is 2.37 bits per heavy atom. The summed E-state index contributed by atoms with van der Waals surface area (Å²) in [4.78, 5) is 40.6. The molecule has 4 amide bonds. The molecule has 0 bridgehead atoms. The van der Waals surface area contributed by atoms with Gasteiger partial charge in [0.2, 0.25) is 12.7 Å². The van der Waals surface area contributed by atoms with Gasteiger partial charge in [0, 0.05) is 30.4 Å². The molecular formula is C26H30N4O5. The van der Waals surface area contributed by atoms with E-state index in [1.807, 2.05) is 31.2 Å². The van der Waals surface area contributed by atoms with Crippen molar-refractivity contribution in [2.24, 2.45) is 5.92 Å². The van der Waals surface area contributed by atoms with E-state index in [1.165, 1.54) is 0 Å². The first-order chi connectivity index (χ1) is 17.0. The molecular weight excluding hydrogens is 448 g/mol. The fraction of sp³-hybridized carbons (Fsp3) is 0.423. The maximum Gasteiger partial charge on any atom is 0.321 e. The summed E-state index contributed by atoms with van der Waals surface area (Å²) in [6.07, 6.45) is 3.16. The molecule has 2 aliphatic heterocycles. The highest BCUT2D eigenvalue weighted by molar-refractivity contribution is 5.98. The lowest BCUT2D eigenvalue weighted by atomic mass is 9.88. The number of amides is 4. The normalized spacial score (nSPS) is 18.0. The predicted octanol–water partition coefficient (Wildman–Crippen LogP) is 3.04. The summed E-state index contributed by atoms with van der Waals surface area (Å²) in [5, 5.41) is 8.91. The highest BCUT2D eigenvalue weighted by Gasteiger charge is 2.36. The molecule has 1 saturated carbocycles. The molecule has 184 valence electrons. The number of carbonyl (C=O) groups excluding carboxylic acids is 3. The van der Waals surface area contributed by atoms with E-state index in [1.54, 1.807) is 23.1 Å². The number of likely N-dealkylation sites (tertiary alicyclic amines) is 1. The van der Waals surface area contributed by atoms with Gasteiger partial charge in [0.1, 0.15) is 6.04 Å². The first-order valence-corrected chi connectivity index (χ1v) is 12.1. The molecule has 0 radical (unpaired) electrons. The van der Waals surface area contributed by atoms with Crippen LogP contribution in [-0.2, 0) is 4.79 Å². The van der Waals surface area contributed by atoms with Crippen molar-refractivity contribution in [3.05, 3.63) is 53.6 Å². The summed E-state index contributed by atoms with van der Waals surface area (Å²) < 4.78 is 10.7. The van der Waals surface area contributed by atoms with E-state index in [4.69, 9.17) is 9.47 Å². The zero-order valence-electron chi connectivity index (χ0n) is 19.7. The van der Waals surface area contributed by atoms with Crippen LogP contribution in [0.1, 0.15) is 41.6 Å². The minimum absolute atomic E-state index is 0.0739. The second-order valence-corrected chi connectivity index (χ2v) is 9.42. The number of carbonyl (C=O) groups is 3. The molecule has 2 aromatic rings. The van der Waals surface area contributed by atoms with Gasteiger partial charge in [0.05, 0.1) is 0 Å². The number of benzene rings is 2. The number of nitrogens with one attached hydrogen (secondary N) is 3. The zero-order chi connectivity index (χ0) is 24.4. The number of rotatable bonds is 6. The summed E-state index contributed by atoms with van der Waals surface area (Å²) in [5.74, 6) is 0.545. The van der Waals surface area contributed by atoms with Gasteiger partial charge in [-0.25, -0.2) is 4.79 Å². The van der Waals surface area contributed by atoms with Crippen LogP contribution in [0, 0.1) is 12.8 Å². The van der Waals surface area contributed by atoms with Gasteiger partial charge in [-0.2, -0.15) is 0 Å². The number of hydrogen-bond donors (Lipinski definition) is 3. The Kier molecular flexibility index (Phi) is 6.48. The molecule has 2 fully saturated rings. The van der Waals surface area contributed by atoms with E-state index >= 15 is 0 Å². The third-order valence-corrected chi connectivity index (χ3v) is 6.73. The highest BCUT2D eigenvalue weighted by atomic mass is 16.7. The fourth-order valence-electron chi connectivity index (χ4n) is 4.45. The van der Waals surface area contributed by atoms with E-state index in [2.05, 4.69) is 16.0 Å². The monoisotopic (exact) mass is 478 g/mol. The zero-order valence-corrected chi connectivity index (χ0v) is 19.7. The van der Waals surface area contributed by atoms with Crippen molar-refractivity contribution in [3.8, 4) is 11.5 Å². The van der Waals surface area contributed by atoms with Crippen LogP contribution in [0.3, 0.4) is 0 Å². The summed E-state index contributed by atoms with van der Waals surface area (Å²) >= 11 is 0. The predicted molar refractivity (Wildman–Crippen MR) is 129 cm³/mol. The maximum absolute atomic E-state index is 13.1. The van der Waals surface area contributed by atoms with Crippen LogP contribution >= 0.6 is 0 Å². The number of ether oxygens (including phenoxy) is 2. The molecule has 1 aliphatic carbocycles. The van der Waals surface area contributed by atoms with Crippen LogP contribution < -0.4 is 25.4 Å². The Morgan fingerprint density at radius 1 is 0.943 bits per heavy atom. The third-order valence-electron chi connectivity index (χ3n) is 6.73. The summed E-state index contributed by atoms with van der Waals surface area (Å²) in [6.45, 7) is 3.14. The van der Waals surface area contributed by atoms with E-state index < -0.39 is 6.04 Å². The Hall–Kier alpha value is -3.75. The van der Waals surface area contributed by atoms with Gasteiger partial charge in [-0.05, 0) is 68.9 Å². The van der Waals surface area contributed by atoms with Crippen LogP contribution in [0.2, 0.25) is 0 Å². The van der Waals surface area contributed by atoms with Crippen molar-refractivity contribution in [2.75, 3.05) is 25.2 Å². The molecule has 9 heteroatoms. The van der Waals surface area contributed by atoms with Crippen molar-refractivity contribution in [1.29, 1.82) is 0 Å². The van der Waals surface area contributed by atoms with E-state index in [0.717, 1.165) is 24.1 Å². The second-order valence-electron chi connectivity index (χ2n) is 9.42. The Bertz CT molecular complexity index is 1110. The van der Waals surface area contributed by atoms with Crippen LogP contribution in [0.15, 0.2) is 42.5 Å². The maximum atomic E-state index is 13.1. The molecule has 0 aromatic heterocycles. The molecule has 5 rings (SSSR count). The number of fused-ring (bicyclic) bond motifs is 1. The van der Waals surface area contributed by atoms with Crippen molar-refractivity contribution >= 4 is 23.5 Å². The van der Waals surface area contributed by atoms with Crippen LogP contribution in [0.5, 0.6) is 11.5 Å². The molecule has 3 aliphatic rings. The molecule has 35 heavy (non-hydrogen) atoms. The van der Waals surface area contributed by atoms with Crippen molar-refractivity contribution in [3.63, 3.8) is 0 Å². The number of aryl methyl sites for hydroxylation is 1. The first kappa shape index (κ1) is 23.0. The van der Waals surface area contributed by atoms with Gasteiger partial charge in [-0.15, -0.1) is 0 Å². The minimum atomic E-state index is -0.671. The summed E-state index contributed by atoms with van der Waals surface area (Å²) in [7, 11) is 0. The van der Waals surface area contributed by atoms with E-state index in [0.29, 0.717) is 43.0 Å². The standard InChI is InChI=1S/C26H30N4O5/c1-16-2-5-20(6-3-16)28-26(33)30-12-10-17(11-13-30)23(25(32)27-19-7-8-19)29-24(31)18-4-9-21-22(14-18)35-15-34-21/h2-6,9,14,17,19,23H,7-8,10-13,15H2,1H3,(H,27,32)(H,28,33)(H,29,31). The molecule has 9 nitrogen and oxygen atoms in total. The topological polar surface area (TPSA) is 109 Å². The SMILES string of the molecule is Cc1ccc(NC(=O)N2CCC(C(NC(=O)c3ccc4c(c3)OCO4)C(=O)NC3CC3)CC2)cc1. The lowest BCUT2D eigenvalue weighted by molar-refractivity contribution is -0.124. The quantitative estimate of drug-likeness (QED) is 0.591. The summed E-state index contributed by atoms with van der Waals surface area (Å²) in [6, 6.07) is 12.0. The number of urea groups is 1. The average Bonchev–Trinajstić information content (AvgIpc) is 3.55. The molecule has 1 unspecified atom stereocenters. The molecule has 3 N–H and O–H groups in total. The molecule has 0 spiro atoms. The largest absolute Gasteiger partial charge is 0.454 e. The molecule has 2 heterocycles. The Labute approximate surface area is 204 Å². The van der Waals surface area contributed by atoms with E-state index in [9.17, 15) is 14.4 Å². The third kappa shape index (κ3) is 5.50. The molecule has 1 saturated heterocycles. The fourth-order valence-corrected chi connectivity index (χ4v) is 4.45. The average molecular weight is 479 g/mol. The van der Waals surface area contributed by atoms with Gasteiger partial charge in [-0.3, -0.25) is 9.59 Å². The lowest BCUT2D eigenvalue weighted by Gasteiger charge is -2.35. The summed E-state index contributed by atoms with van der Waals surface area (Å²) in [5.41, 5.74) is 2.29. The number of piperidine rings is 1. The number of anilines is 1. The smallest absolute Gasteiger partial charge is 0.321 e. The highest BCUT2D eigenvalue weighted by Crippen LogP contribution is 2.32. The minimum Gasteiger partial charge on any atom is -0.454 e. The first-order valence-electron chi connectivity index (χ1n) is 12.1. The second kappa shape index (κ2) is 9.85. The van der Waals surface area contributed by atoms with Crippen molar-refractivity contribution < 1.29 is 23.9 Å². The van der Waals surface area contributed by atoms with Gasteiger partial charge in [-0.1, -0.05) is 17.7 Å².